The summed E-state index contributed by atoms with van der Waals surface area (Å²) in [5.41, 5.74) is -0.484. The molecule has 0 atom stereocenters. The number of thiazole rings is 1. The average molecular weight is 275 g/mol. The van der Waals surface area contributed by atoms with E-state index >= 15 is 0 Å². The van der Waals surface area contributed by atoms with Gasteiger partial charge in [0.25, 0.3) is 5.91 Å². The third-order valence-corrected chi connectivity index (χ3v) is 3.02. The van der Waals surface area contributed by atoms with Crippen molar-refractivity contribution in [3.63, 3.8) is 0 Å². The van der Waals surface area contributed by atoms with Gasteiger partial charge in [-0.2, -0.15) is 0 Å². The molecule has 0 radical (unpaired) electrons. The summed E-state index contributed by atoms with van der Waals surface area (Å²) in [6, 6.07) is 3.32. The maximum absolute atomic E-state index is 13.2. The quantitative estimate of drug-likeness (QED) is 0.913. The highest BCUT2D eigenvalue weighted by Crippen LogP contribution is 2.22. The second-order valence-corrected chi connectivity index (χ2v) is 4.64. The van der Waals surface area contributed by atoms with Crippen molar-refractivity contribution >= 4 is 34.5 Å². The minimum Gasteiger partial charge on any atom is -0.316 e. The number of benzene rings is 1. The molecule has 1 N–H and O–H groups in total. The Kier molecular flexibility index (Phi) is 3.35. The zero-order valence-electron chi connectivity index (χ0n) is 8.21. The van der Waals surface area contributed by atoms with Crippen LogP contribution in [0, 0.1) is 11.6 Å². The number of hydrogen-bond acceptors (Lipinski definition) is 3. The molecule has 2 rings (SSSR count). The smallest absolute Gasteiger partial charge is 0.267 e. The van der Waals surface area contributed by atoms with E-state index in [1.54, 1.807) is 0 Å². The molecule has 3 nitrogen and oxygen atoms in total. The maximum atomic E-state index is 13.2. The van der Waals surface area contributed by atoms with Gasteiger partial charge in [0.05, 0.1) is 6.20 Å². The van der Waals surface area contributed by atoms with Crippen molar-refractivity contribution in [3.05, 3.63) is 45.4 Å². The van der Waals surface area contributed by atoms with Crippen LogP contribution in [-0.2, 0) is 0 Å². The van der Waals surface area contributed by atoms with Gasteiger partial charge in [-0.25, -0.2) is 13.8 Å². The van der Waals surface area contributed by atoms with E-state index in [0.29, 0.717) is 0 Å². The summed E-state index contributed by atoms with van der Waals surface area (Å²) in [6.45, 7) is 0. The average Bonchev–Trinajstić information content (AvgIpc) is 2.70. The Morgan fingerprint density at radius 1 is 1.35 bits per heavy atom. The SMILES string of the molecule is O=C(Nc1c(F)cccc1F)c1cnc(Cl)s1. The van der Waals surface area contributed by atoms with Gasteiger partial charge in [0.15, 0.2) is 4.47 Å². The first kappa shape index (κ1) is 11.9. The third-order valence-electron chi connectivity index (χ3n) is 1.90. The lowest BCUT2D eigenvalue weighted by Gasteiger charge is -2.05. The van der Waals surface area contributed by atoms with Crippen LogP contribution in [0.2, 0.25) is 4.47 Å². The Morgan fingerprint density at radius 3 is 2.53 bits per heavy atom. The summed E-state index contributed by atoms with van der Waals surface area (Å²) in [6.07, 6.45) is 1.24. The number of halogens is 3. The number of nitrogens with one attached hydrogen (secondary N) is 1. The monoisotopic (exact) mass is 274 g/mol. The van der Waals surface area contributed by atoms with Crippen LogP contribution in [0.4, 0.5) is 14.5 Å². The van der Waals surface area contributed by atoms with Crippen LogP contribution in [-0.4, -0.2) is 10.9 Å². The molecule has 88 valence electrons. The molecule has 0 unspecified atom stereocenters. The fraction of sp³-hybridized carbons (Fsp3) is 0. The fourth-order valence-corrected chi connectivity index (χ4v) is 1.98. The number of carbonyl (C=O) groups excluding carboxylic acids is 1. The standard InChI is InChI=1S/C10H5ClF2N2OS/c11-10-14-4-7(17-10)9(16)15-8-5(12)2-1-3-6(8)13/h1-4H,(H,15,16). The van der Waals surface area contributed by atoms with E-state index in [4.69, 9.17) is 11.6 Å². The molecule has 0 fully saturated rings. The predicted octanol–water partition coefficient (Wildman–Crippen LogP) is 3.33. The molecule has 0 aliphatic carbocycles. The highest BCUT2D eigenvalue weighted by molar-refractivity contribution is 7.17. The van der Waals surface area contributed by atoms with E-state index in [0.717, 1.165) is 23.5 Å². The summed E-state index contributed by atoms with van der Waals surface area (Å²) in [7, 11) is 0. The molecule has 1 aromatic carbocycles. The Labute approximate surface area is 104 Å². The van der Waals surface area contributed by atoms with E-state index in [1.165, 1.54) is 12.3 Å². The number of carbonyl (C=O) groups is 1. The van der Waals surface area contributed by atoms with Gasteiger partial charge in [-0.05, 0) is 12.1 Å². The largest absolute Gasteiger partial charge is 0.316 e. The van der Waals surface area contributed by atoms with Gasteiger partial charge < -0.3 is 5.32 Å². The summed E-state index contributed by atoms with van der Waals surface area (Å²) in [4.78, 5) is 15.4. The van der Waals surface area contributed by atoms with Crippen molar-refractivity contribution in [1.29, 1.82) is 0 Å². The number of para-hydroxylation sites is 1. The van der Waals surface area contributed by atoms with Crippen LogP contribution < -0.4 is 5.32 Å². The van der Waals surface area contributed by atoms with Crippen LogP contribution in [0.25, 0.3) is 0 Å². The van der Waals surface area contributed by atoms with Crippen LogP contribution in [0.3, 0.4) is 0 Å². The van der Waals surface area contributed by atoms with Crippen molar-refractivity contribution in [2.75, 3.05) is 5.32 Å². The van der Waals surface area contributed by atoms with Crippen LogP contribution in [0.5, 0.6) is 0 Å². The van der Waals surface area contributed by atoms with Crippen molar-refractivity contribution in [1.82, 2.24) is 4.98 Å². The van der Waals surface area contributed by atoms with Crippen molar-refractivity contribution in [2.45, 2.75) is 0 Å². The summed E-state index contributed by atoms with van der Waals surface area (Å²) < 4.78 is 26.7. The number of hydrogen-bond donors (Lipinski definition) is 1. The first-order valence-corrected chi connectivity index (χ1v) is 5.64. The lowest BCUT2D eigenvalue weighted by atomic mass is 10.3. The Balaban J connectivity index is 2.24. The molecule has 0 spiro atoms. The molecule has 7 heteroatoms. The minimum absolute atomic E-state index is 0.178. The second-order valence-electron chi connectivity index (χ2n) is 3.03. The van der Waals surface area contributed by atoms with Gasteiger partial charge in [-0.15, -0.1) is 0 Å². The first-order valence-electron chi connectivity index (χ1n) is 4.44. The van der Waals surface area contributed by atoms with Crippen molar-refractivity contribution in [3.8, 4) is 0 Å². The number of aromatic nitrogens is 1. The molecule has 2 aromatic rings. The van der Waals surface area contributed by atoms with E-state index in [9.17, 15) is 13.6 Å². The van der Waals surface area contributed by atoms with Gasteiger partial charge in [0, 0.05) is 0 Å². The molecule has 0 bridgehead atoms. The van der Waals surface area contributed by atoms with Crippen LogP contribution in [0.1, 0.15) is 9.67 Å². The number of nitrogens with zero attached hydrogens (tertiary/aromatic N) is 1. The normalized spacial score (nSPS) is 10.3. The van der Waals surface area contributed by atoms with Gasteiger partial charge in [0.2, 0.25) is 0 Å². The Morgan fingerprint density at radius 2 is 2.00 bits per heavy atom. The van der Waals surface area contributed by atoms with Gasteiger partial charge >= 0.3 is 0 Å². The highest BCUT2D eigenvalue weighted by atomic mass is 35.5. The van der Waals surface area contributed by atoms with Gasteiger partial charge in [-0.3, -0.25) is 4.79 Å². The molecular weight excluding hydrogens is 270 g/mol. The number of anilines is 1. The third kappa shape index (κ3) is 2.59. The molecule has 0 saturated heterocycles. The molecule has 1 aromatic heterocycles. The molecular formula is C10H5ClF2N2OS. The molecule has 1 heterocycles. The van der Waals surface area contributed by atoms with Gasteiger partial charge in [-0.1, -0.05) is 29.0 Å². The number of rotatable bonds is 2. The summed E-state index contributed by atoms with van der Waals surface area (Å²) >= 11 is 6.47. The maximum Gasteiger partial charge on any atom is 0.267 e. The van der Waals surface area contributed by atoms with Crippen LogP contribution in [0.15, 0.2) is 24.4 Å². The van der Waals surface area contributed by atoms with E-state index in [1.807, 2.05) is 0 Å². The molecule has 0 aliphatic rings. The lowest BCUT2D eigenvalue weighted by molar-refractivity contribution is 0.102. The van der Waals surface area contributed by atoms with Gasteiger partial charge in [0.1, 0.15) is 22.2 Å². The predicted molar refractivity (Wildman–Crippen MR) is 61.4 cm³/mol. The Bertz CT molecular complexity index is 553. The summed E-state index contributed by atoms with van der Waals surface area (Å²) in [5, 5.41) is 2.13. The highest BCUT2D eigenvalue weighted by Gasteiger charge is 2.15. The second kappa shape index (κ2) is 4.77. The van der Waals surface area contributed by atoms with Crippen molar-refractivity contribution < 1.29 is 13.6 Å². The molecule has 17 heavy (non-hydrogen) atoms. The van der Waals surface area contributed by atoms with Crippen molar-refractivity contribution in [2.24, 2.45) is 0 Å². The minimum atomic E-state index is -0.839. The topological polar surface area (TPSA) is 42.0 Å². The lowest BCUT2D eigenvalue weighted by Crippen LogP contribution is -2.12. The Hall–Kier alpha value is -1.53. The fourth-order valence-electron chi connectivity index (χ4n) is 1.15. The molecule has 1 amide bonds. The molecule has 0 aliphatic heterocycles. The first-order chi connectivity index (χ1) is 8.08. The van der Waals surface area contributed by atoms with E-state index in [2.05, 4.69) is 10.3 Å². The van der Waals surface area contributed by atoms with E-state index < -0.39 is 23.2 Å². The summed E-state index contributed by atoms with van der Waals surface area (Å²) in [5.74, 6) is -2.33. The molecule has 0 saturated carbocycles. The number of amides is 1. The zero-order chi connectivity index (χ0) is 12.4. The van der Waals surface area contributed by atoms with E-state index in [-0.39, 0.29) is 9.34 Å². The van der Waals surface area contributed by atoms with Crippen LogP contribution >= 0.6 is 22.9 Å². The zero-order valence-corrected chi connectivity index (χ0v) is 9.78.